The Morgan fingerprint density at radius 1 is 0.955 bits per heavy atom. The molecule has 4 rings (SSSR count). The van der Waals surface area contributed by atoms with E-state index < -0.39 is 0 Å². The Kier molecular flexibility index (Phi) is 3.04. The molecule has 0 unspecified atom stereocenters. The van der Waals surface area contributed by atoms with E-state index in [0.717, 1.165) is 33.9 Å². The predicted octanol–water partition coefficient (Wildman–Crippen LogP) is 3.45. The Morgan fingerprint density at radius 2 is 1.82 bits per heavy atom. The van der Waals surface area contributed by atoms with Gasteiger partial charge in [0.1, 0.15) is 25.4 Å². The number of aryl methyl sites for hydroxylation is 1. The van der Waals surface area contributed by atoms with Crippen LogP contribution >= 0.6 is 0 Å². The topological polar surface area (TPSA) is 56.3 Å². The fraction of sp³-hybridized carbons (Fsp3) is 0.176. The number of nitrogens with zero attached hydrogens (tertiary/aromatic N) is 2. The van der Waals surface area contributed by atoms with Crippen LogP contribution in [-0.4, -0.2) is 23.2 Å². The van der Waals surface area contributed by atoms with Crippen molar-refractivity contribution in [1.29, 1.82) is 0 Å². The van der Waals surface area contributed by atoms with Gasteiger partial charge < -0.3 is 14.8 Å². The third-order valence-electron chi connectivity index (χ3n) is 3.60. The number of nitrogens with one attached hydrogen (secondary N) is 1. The highest BCUT2D eigenvalue weighted by atomic mass is 16.6. The molecule has 0 radical (unpaired) electrons. The molecule has 5 heteroatoms. The molecule has 2 aromatic carbocycles. The van der Waals surface area contributed by atoms with Gasteiger partial charge in [-0.3, -0.25) is 0 Å². The lowest BCUT2D eigenvalue weighted by atomic mass is 10.1. The second kappa shape index (κ2) is 5.18. The third kappa shape index (κ3) is 2.30. The van der Waals surface area contributed by atoms with Crippen LogP contribution in [0.4, 0.5) is 11.5 Å². The number of fused-ring (bicyclic) bond motifs is 2. The van der Waals surface area contributed by atoms with Gasteiger partial charge in [0.15, 0.2) is 11.5 Å². The molecule has 0 spiro atoms. The van der Waals surface area contributed by atoms with Crippen molar-refractivity contribution in [3.63, 3.8) is 0 Å². The molecule has 0 amide bonds. The molecule has 0 aliphatic carbocycles. The zero-order chi connectivity index (χ0) is 14.9. The smallest absolute Gasteiger partial charge is 0.163 e. The van der Waals surface area contributed by atoms with E-state index in [0.29, 0.717) is 13.2 Å². The highest BCUT2D eigenvalue weighted by Gasteiger charge is 2.12. The average molecular weight is 293 g/mol. The van der Waals surface area contributed by atoms with E-state index in [-0.39, 0.29) is 0 Å². The summed E-state index contributed by atoms with van der Waals surface area (Å²) >= 11 is 0. The largest absolute Gasteiger partial charge is 0.486 e. The number of hydrogen-bond acceptors (Lipinski definition) is 5. The van der Waals surface area contributed by atoms with Crippen molar-refractivity contribution < 1.29 is 9.47 Å². The second-order valence-corrected chi connectivity index (χ2v) is 5.23. The maximum Gasteiger partial charge on any atom is 0.163 e. The van der Waals surface area contributed by atoms with Gasteiger partial charge in [-0.15, -0.1) is 0 Å². The lowest BCUT2D eigenvalue weighted by molar-refractivity contribution is 0.171. The lowest BCUT2D eigenvalue weighted by Gasteiger charge is -2.19. The van der Waals surface area contributed by atoms with Gasteiger partial charge in [-0.1, -0.05) is 11.6 Å². The Labute approximate surface area is 127 Å². The lowest BCUT2D eigenvalue weighted by Crippen LogP contribution is -2.15. The molecule has 110 valence electrons. The zero-order valence-electron chi connectivity index (χ0n) is 12.2. The molecule has 3 aromatic rings. The minimum Gasteiger partial charge on any atom is -0.486 e. The van der Waals surface area contributed by atoms with Gasteiger partial charge in [-0.25, -0.2) is 9.97 Å². The van der Waals surface area contributed by atoms with Gasteiger partial charge >= 0.3 is 0 Å². The highest BCUT2D eigenvalue weighted by molar-refractivity contribution is 5.91. The van der Waals surface area contributed by atoms with E-state index in [1.54, 1.807) is 6.33 Å². The van der Waals surface area contributed by atoms with E-state index in [1.165, 1.54) is 5.56 Å². The first-order chi connectivity index (χ1) is 10.8. The number of benzene rings is 2. The van der Waals surface area contributed by atoms with Crippen molar-refractivity contribution in [2.45, 2.75) is 6.92 Å². The van der Waals surface area contributed by atoms with Crippen LogP contribution < -0.4 is 14.8 Å². The summed E-state index contributed by atoms with van der Waals surface area (Å²) in [5.41, 5.74) is 3.00. The predicted molar refractivity (Wildman–Crippen MR) is 85.0 cm³/mol. The molecular weight excluding hydrogens is 278 g/mol. The minimum atomic E-state index is 0.575. The van der Waals surface area contributed by atoms with Gasteiger partial charge in [-0.05, 0) is 31.2 Å². The number of anilines is 2. The van der Waals surface area contributed by atoms with Crippen LogP contribution in [0.5, 0.6) is 11.5 Å². The van der Waals surface area contributed by atoms with Gasteiger partial charge in [0.05, 0.1) is 5.52 Å². The fourth-order valence-corrected chi connectivity index (χ4v) is 2.53. The maximum absolute atomic E-state index is 5.61. The van der Waals surface area contributed by atoms with E-state index >= 15 is 0 Å². The normalized spacial score (nSPS) is 13.1. The summed E-state index contributed by atoms with van der Waals surface area (Å²) in [6.45, 7) is 3.22. The molecule has 0 saturated heterocycles. The highest BCUT2D eigenvalue weighted by Crippen LogP contribution is 2.34. The van der Waals surface area contributed by atoms with Crippen molar-refractivity contribution in [3.05, 3.63) is 48.3 Å². The Hall–Kier alpha value is -2.82. The molecule has 1 N–H and O–H groups in total. The van der Waals surface area contributed by atoms with Gasteiger partial charge in [0.2, 0.25) is 0 Å². The first-order valence-corrected chi connectivity index (χ1v) is 7.18. The van der Waals surface area contributed by atoms with Crippen LogP contribution in [0.15, 0.2) is 42.7 Å². The first kappa shape index (κ1) is 12.9. The molecular formula is C17H15N3O2. The summed E-state index contributed by atoms with van der Waals surface area (Å²) in [7, 11) is 0. The average Bonchev–Trinajstić information content (AvgIpc) is 2.55. The molecule has 1 aliphatic heterocycles. The molecule has 0 fully saturated rings. The zero-order valence-corrected chi connectivity index (χ0v) is 12.2. The second-order valence-electron chi connectivity index (χ2n) is 5.23. The number of ether oxygens (including phenoxy) is 2. The summed E-state index contributed by atoms with van der Waals surface area (Å²) < 4.78 is 11.1. The monoisotopic (exact) mass is 293 g/mol. The Bertz CT molecular complexity index is 848. The van der Waals surface area contributed by atoms with Crippen LogP contribution in [0.2, 0.25) is 0 Å². The summed E-state index contributed by atoms with van der Waals surface area (Å²) in [6.07, 6.45) is 1.57. The molecule has 0 saturated carbocycles. The van der Waals surface area contributed by atoms with Gasteiger partial charge in [-0.2, -0.15) is 0 Å². The van der Waals surface area contributed by atoms with Crippen LogP contribution in [0.25, 0.3) is 10.9 Å². The van der Waals surface area contributed by atoms with Crippen LogP contribution in [0.3, 0.4) is 0 Å². The third-order valence-corrected chi connectivity index (χ3v) is 3.60. The van der Waals surface area contributed by atoms with E-state index in [2.05, 4.69) is 28.3 Å². The maximum atomic E-state index is 5.61. The molecule has 5 nitrogen and oxygen atoms in total. The van der Waals surface area contributed by atoms with Crippen molar-refractivity contribution in [2.75, 3.05) is 18.5 Å². The molecule has 2 heterocycles. The standard InChI is InChI=1S/C17H15N3O2/c1-11-2-4-14-13(8-11)17(19-10-18-14)20-12-3-5-15-16(9-12)22-7-6-21-15/h2-5,8-10H,6-7H2,1H3,(H,18,19,20). The van der Waals surface area contributed by atoms with Crippen molar-refractivity contribution in [2.24, 2.45) is 0 Å². The quantitative estimate of drug-likeness (QED) is 0.784. The van der Waals surface area contributed by atoms with E-state index in [1.807, 2.05) is 30.3 Å². The summed E-state index contributed by atoms with van der Waals surface area (Å²) in [6, 6.07) is 11.9. The fourth-order valence-electron chi connectivity index (χ4n) is 2.53. The SMILES string of the molecule is Cc1ccc2ncnc(Nc3ccc4c(c3)OCCO4)c2c1. The molecule has 1 aromatic heterocycles. The summed E-state index contributed by atoms with van der Waals surface area (Å²) in [5.74, 6) is 2.32. The van der Waals surface area contributed by atoms with Crippen LogP contribution in [-0.2, 0) is 0 Å². The van der Waals surface area contributed by atoms with E-state index in [9.17, 15) is 0 Å². The van der Waals surface area contributed by atoms with Gasteiger partial charge in [0.25, 0.3) is 0 Å². The Balaban J connectivity index is 1.73. The van der Waals surface area contributed by atoms with Gasteiger partial charge in [0, 0.05) is 17.1 Å². The molecule has 0 atom stereocenters. The molecule has 22 heavy (non-hydrogen) atoms. The number of aromatic nitrogens is 2. The molecule has 1 aliphatic rings. The Morgan fingerprint density at radius 3 is 2.73 bits per heavy atom. The van der Waals surface area contributed by atoms with Crippen LogP contribution in [0, 0.1) is 6.92 Å². The van der Waals surface area contributed by atoms with Crippen molar-refractivity contribution in [1.82, 2.24) is 9.97 Å². The first-order valence-electron chi connectivity index (χ1n) is 7.18. The van der Waals surface area contributed by atoms with E-state index in [4.69, 9.17) is 9.47 Å². The summed E-state index contributed by atoms with van der Waals surface area (Å²) in [4.78, 5) is 8.66. The minimum absolute atomic E-state index is 0.575. The van der Waals surface area contributed by atoms with Crippen molar-refractivity contribution >= 4 is 22.4 Å². The van der Waals surface area contributed by atoms with Crippen molar-refractivity contribution in [3.8, 4) is 11.5 Å². The summed E-state index contributed by atoms with van der Waals surface area (Å²) in [5, 5.41) is 4.34. The molecule has 0 bridgehead atoms. The van der Waals surface area contributed by atoms with Crippen LogP contribution in [0.1, 0.15) is 5.56 Å². The number of hydrogen-bond donors (Lipinski definition) is 1. The number of rotatable bonds is 2.